The van der Waals surface area contributed by atoms with E-state index in [0.717, 1.165) is 18.9 Å². The quantitative estimate of drug-likeness (QED) is 0.915. The molecule has 1 heterocycles. The Hall–Kier alpha value is -1.49. The Morgan fingerprint density at radius 3 is 2.74 bits per heavy atom. The molecule has 104 valence electrons. The van der Waals surface area contributed by atoms with Gasteiger partial charge in [-0.25, -0.2) is 8.78 Å². The molecule has 3 nitrogen and oxygen atoms in total. The van der Waals surface area contributed by atoms with Gasteiger partial charge < -0.3 is 10.1 Å². The number of amides is 1. The number of rotatable bonds is 3. The van der Waals surface area contributed by atoms with Crippen molar-refractivity contribution in [2.45, 2.75) is 19.8 Å². The van der Waals surface area contributed by atoms with Crippen LogP contribution in [0.1, 0.15) is 30.1 Å². The minimum Gasteiger partial charge on any atom is -0.381 e. The molecule has 1 amide bonds. The molecule has 0 spiro atoms. The molecule has 1 fully saturated rings. The lowest BCUT2D eigenvalue weighted by Crippen LogP contribution is -2.39. The van der Waals surface area contributed by atoms with Crippen LogP contribution in [0.3, 0.4) is 0 Å². The van der Waals surface area contributed by atoms with Crippen molar-refractivity contribution in [3.8, 4) is 0 Å². The van der Waals surface area contributed by atoms with Crippen LogP contribution in [0.2, 0.25) is 0 Å². The van der Waals surface area contributed by atoms with Crippen LogP contribution in [0.4, 0.5) is 8.78 Å². The van der Waals surface area contributed by atoms with Gasteiger partial charge in [-0.05, 0) is 30.4 Å². The predicted molar refractivity (Wildman–Crippen MR) is 66.9 cm³/mol. The second-order valence-electron chi connectivity index (χ2n) is 5.21. The summed E-state index contributed by atoms with van der Waals surface area (Å²) in [4.78, 5) is 11.9. The molecule has 0 aromatic heterocycles. The average Bonchev–Trinajstić information content (AvgIpc) is 2.40. The van der Waals surface area contributed by atoms with Crippen LogP contribution in [0.25, 0.3) is 0 Å². The van der Waals surface area contributed by atoms with Gasteiger partial charge in [0.15, 0.2) is 11.6 Å². The first-order valence-electron chi connectivity index (χ1n) is 6.32. The highest BCUT2D eigenvalue weighted by Gasteiger charge is 2.28. The summed E-state index contributed by atoms with van der Waals surface area (Å²) >= 11 is 0. The third-order valence-electron chi connectivity index (χ3n) is 3.57. The van der Waals surface area contributed by atoms with Crippen LogP contribution in [0.15, 0.2) is 18.2 Å². The van der Waals surface area contributed by atoms with E-state index in [9.17, 15) is 13.6 Å². The maximum Gasteiger partial charge on any atom is 0.254 e. The summed E-state index contributed by atoms with van der Waals surface area (Å²) in [6.07, 6.45) is 1.69. The number of benzene rings is 1. The summed E-state index contributed by atoms with van der Waals surface area (Å²) in [6, 6.07) is 3.59. The SMILES string of the molecule is CC1(CNC(=O)c2cccc(F)c2F)CCOCC1. The standard InChI is InChI=1S/C14H17F2NO2/c1-14(5-7-19-8-6-14)9-17-13(18)10-3-2-4-11(15)12(10)16/h2-4H,5-9H2,1H3,(H,17,18). The van der Waals surface area contributed by atoms with E-state index >= 15 is 0 Å². The van der Waals surface area contributed by atoms with E-state index in [1.165, 1.54) is 12.1 Å². The monoisotopic (exact) mass is 269 g/mol. The normalized spacial score (nSPS) is 18.1. The second-order valence-corrected chi connectivity index (χ2v) is 5.21. The molecule has 0 bridgehead atoms. The van der Waals surface area contributed by atoms with E-state index in [2.05, 4.69) is 12.2 Å². The Labute approximate surface area is 111 Å². The third-order valence-corrected chi connectivity index (χ3v) is 3.57. The summed E-state index contributed by atoms with van der Waals surface area (Å²) in [6.45, 7) is 3.82. The highest BCUT2D eigenvalue weighted by molar-refractivity contribution is 5.94. The van der Waals surface area contributed by atoms with E-state index < -0.39 is 17.5 Å². The number of nitrogens with one attached hydrogen (secondary N) is 1. The number of hydrogen-bond acceptors (Lipinski definition) is 2. The smallest absolute Gasteiger partial charge is 0.254 e. The molecule has 0 unspecified atom stereocenters. The van der Waals surface area contributed by atoms with Crippen molar-refractivity contribution in [1.82, 2.24) is 5.32 Å². The van der Waals surface area contributed by atoms with Crippen molar-refractivity contribution in [1.29, 1.82) is 0 Å². The van der Waals surface area contributed by atoms with Gasteiger partial charge in [-0.15, -0.1) is 0 Å². The molecule has 19 heavy (non-hydrogen) atoms. The second kappa shape index (κ2) is 5.65. The van der Waals surface area contributed by atoms with E-state index in [1.54, 1.807) is 0 Å². The Morgan fingerprint density at radius 2 is 2.05 bits per heavy atom. The number of hydrogen-bond donors (Lipinski definition) is 1. The zero-order chi connectivity index (χ0) is 13.9. The Kier molecular flexibility index (Phi) is 4.14. The van der Waals surface area contributed by atoms with Crippen LogP contribution >= 0.6 is 0 Å². The molecule has 1 aliphatic heterocycles. The van der Waals surface area contributed by atoms with Gasteiger partial charge in [0.25, 0.3) is 5.91 Å². The van der Waals surface area contributed by atoms with Crippen LogP contribution < -0.4 is 5.32 Å². The van der Waals surface area contributed by atoms with Gasteiger partial charge in [0.05, 0.1) is 5.56 Å². The maximum atomic E-state index is 13.5. The van der Waals surface area contributed by atoms with Crippen LogP contribution in [0, 0.1) is 17.0 Å². The minimum absolute atomic E-state index is 0.0439. The summed E-state index contributed by atoms with van der Waals surface area (Å²) in [5.74, 6) is -2.69. The molecule has 1 aromatic carbocycles. The number of ether oxygens (including phenoxy) is 1. The fourth-order valence-corrected chi connectivity index (χ4v) is 2.11. The van der Waals surface area contributed by atoms with Gasteiger partial charge >= 0.3 is 0 Å². The molecule has 5 heteroatoms. The zero-order valence-electron chi connectivity index (χ0n) is 10.8. The zero-order valence-corrected chi connectivity index (χ0v) is 10.8. The summed E-state index contributed by atoms with van der Waals surface area (Å²) in [5, 5.41) is 2.68. The molecule has 0 radical (unpaired) electrons. The fourth-order valence-electron chi connectivity index (χ4n) is 2.11. The highest BCUT2D eigenvalue weighted by Crippen LogP contribution is 2.28. The molecular formula is C14H17F2NO2. The van der Waals surface area contributed by atoms with Gasteiger partial charge in [-0.2, -0.15) is 0 Å². The van der Waals surface area contributed by atoms with E-state index in [1.807, 2.05) is 0 Å². The molecule has 1 aliphatic rings. The lowest BCUT2D eigenvalue weighted by atomic mass is 9.82. The first kappa shape index (κ1) is 13.9. The lowest BCUT2D eigenvalue weighted by Gasteiger charge is -2.33. The van der Waals surface area contributed by atoms with Crippen molar-refractivity contribution in [2.24, 2.45) is 5.41 Å². The topological polar surface area (TPSA) is 38.3 Å². The summed E-state index contributed by atoms with van der Waals surface area (Å²) < 4.78 is 31.8. The van der Waals surface area contributed by atoms with Crippen molar-refractivity contribution in [2.75, 3.05) is 19.8 Å². The fraction of sp³-hybridized carbons (Fsp3) is 0.500. The molecule has 1 saturated heterocycles. The lowest BCUT2D eigenvalue weighted by molar-refractivity contribution is 0.0238. The largest absolute Gasteiger partial charge is 0.381 e. The van der Waals surface area contributed by atoms with Gasteiger partial charge in [0, 0.05) is 19.8 Å². The first-order chi connectivity index (χ1) is 9.02. The van der Waals surface area contributed by atoms with E-state index in [4.69, 9.17) is 4.74 Å². The molecular weight excluding hydrogens is 252 g/mol. The Morgan fingerprint density at radius 1 is 1.37 bits per heavy atom. The minimum atomic E-state index is -1.10. The molecule has 1 aromatic rings. The average molecular weight is 269 g/mol. The first-order valence-corrected chi connectivity index (χ1v) is 6.32. The maximum absolute atomic E-state index is 13.5. The molecule has 0 aliphatic carbocycles. The van der Waals surface area contributed by atoms with Gasteiger partial charge in [-0.3, -0.25) is 4.79 Å². The third kappa shape index (κ3) is 3.29. The van der Waals surface area contributed by atoms with Gasteiger partial charge in [0.2, 0.25) is 0 Å². The van der Waals surface area contributed by atoms with Crippen molar-refractivity contribution in [3.63, 3.8) is 0 Å². The highest BCUT2D eigenvalue weighted by atomic mass is 19.2. The number of halogens is 2. The van der Waals surface area contributed by atoms with Crippen molar-refractivity contribution in [3.05, 3.63) is 35.4 Å². The predicted octanol–water partition coefficient (Wildman–Crippen LogP) is 2.51. The molecule has 1 N–H and O–H groups in total. The molecule has 2 rings (SSSR count). The Balaban J connectivity index is 1.99. The molecule has 0 atom stereocenters. The van der Waals surface area contributed by atoms with Crippen LogP contribution in [0.5, 0.6) is 0 Å². The van der Waals surface area contributed by atoms with Crippen molar-refractivity contribution >= 4 is 5.91 Å². The van der Waals surface area contributed by atoms with Gasteiger partial charge in [-0.1, -0.05) is 13.0 Å². The molecule has 0 saturated carbocycles. The van der Waals surface area contributed by atoms with E-state index in [0.29, 0.717) is 19.8 Å². The summed E-state index contributed by atoms with van der Waals surface area (Å²) in [7, 11) is 0. The van der Waals surface area contributed by atoms with Gasteiger partial charge in [0.1, 0.15) is 0 Å². The number of carbonyl (C=O) groups excluding carboxylic acids is 1. The summed E-state index contributed by atoms with van der Waals surface area (Å²) in [5.41, 5.74) is -0.298. The van der Waals surface area contributed by atoms with Crippen LogP contribution in [-0.2, 0) is 4.74 Å². The van der Waals surface area contributed by atoms with E-state index in [-0.39, 0.29) is 11.0 Å². The van der Waals surface area contributed by atoms with Crippen LogP contribution in [-0.4, -0.2) is 25.7 Å². The van der Waals surface area contributed by atoms with Crippen molar-refractivity contribution < 1.29 is 18.3 Å². The Bertz CT molecular complexity index is 471. The number of carbonyl (C=O) groups is 1.